The minimum atomic E-state index is -0.318. The fraction of sp³-hybridized carbons (Fsp3) is 0. The molecule has 0 bridgehead atoms. The van der Waals surface area contributed by atoms with Crippen molar-refractivity contribution in [2.75, 3.05) is 5.32 Å². The van der Waals surface area contributed by atoms with Gasteiger partial charge in [-0.1, -0.05) is 36.4 Å². The van der Waals surface area contributed by atoms with E-state index >= 15 is 0 Å². The molecule has 0 spiro atoms. The number of thiophene rings is 1. The maximum Gasteiger partial charge on any atom is 0.273 e. The van der Waals surface area contributed by atoms with Gasteiger partial charge in [0.25, 0.3) is 11.5 Å². The second-order valence-electron chi connectivity index (χ2n) is 7.64. The minimum Gasteiger partial charge on any atom is -0.307 e. The van der Waals surface area contributed by atoms with Crippen molar-refractivity contribution in [1.29, 1.82) is 0 Å². The monoisotopic (exact) mass is 451 g/mol. The lowest BCUT2D eigenvalue weighted by molar-refractivity contribution is 0.102. The Labute approximate surface area is 191 Å². The molecule has 0 saturated carbocycles. The van der Waals surface area contributed by atoms with Crippen molar-refractivity contribution in [2.45, 2.75) is 0 Å². The van der Waals surface area contributed by atoms with Gasteiger partial charge in [0.05, 0.1) is 17.4 Å². The van der Waals surface area contributed by atoms with Crippen molar-refractivity contribution < 1.29 is 4.79 Å². The third-order valence-corrected chi connectivity index (χ3v) is 6.63. The van der Waals surface area contributed by atoms with Gasteiger partial charge in [0, 0.05) is 32.2 Å². The molecule has 0 aliphatic rings. The molecule has 0 aliphatic heterocycles. The van der Waals surface area contributed by atoms with Gasteiger partial charge in [-0.2, -0.15) is 5.10 Å². The Morgan fingerprint density at radius 1 is 0.939 bits per heavy atom. The molecule has 3 N–H and O–H groups in total. The van der Waals surface area contributed by atoms with Crippen LogP contribution < -0.4 is 10.9 Å². The number of anilines is 1. The van der Waals surface area contributed by atoms with E-state index in [1.54, 1.807) is 23.6 Å². The molecular formula is C25H17N5O2S. The molecule has 0 fully saturated rings. The van der Waals surface area contributed by atoms with Crippen molar-refractivity contribution in [1.82, 2.24) is 20.0 Å². The Morgan fingerprint density at radius 2 is 1.76 bits per heavy atom. The van der Waals surface area contributed by atoms with Gasteiger partial charge in [0.2, 0.25) is 0 Å². The molecule has 6 rings (SSSR count). The molecule has 3 aromatic carbocycles. The average molecular weight is 452 g/mol. The Bertz CT molecular complexity index is 1660. The Hall–Kier alpha value is -4.43. The number of benzene rings is 3. The molecule has 0 aliphatic carbocycles. The number of aromatic nitrogens is 4. The van der Waals surface area contributed by atoms with Crippen LogP contribution in [0.2, 0.25) is 0 Å². The van der Waals surface area contributed by atoms with Crippen molar-refractivity contribution in [3.05, 3.63) is 101 Å². The molecule has 33 heavy (non-hydrogen) atoms. The first kappa shape index (κ1) is 19.3. The predicted octanol–water partition coefficient (Wildman–Crippen LogP) is 5.18. The van der Waals surface area contributed by atoms with Crippen LogP contribution in [0.5, 0.6) is 0 Å². The minimum absolute atomic E-state index is 0.257. The van der Waals surface area contributed by atoms with E-state index in [2.05, 4.69) is 38.8 Å². The molecule has 0 unspecified atom stereocenters. The summed E-state index contributed by atoms with van der Waals surface area (Å²) in [6.07, 6.45) is 1.71. The zero-order chi connectivity index (χ0) is 22.4. The van der Waals surface area contributed by atoms with E-state index in [1.807, 2.05) is 48.5 Å². The lowest BCUT2D eigenvalue weighted by Crippen LogP contribution is -2.13. The molecular weight excluding hydrogens is 434 g/mol. The predicted molar refractivity (Wildman–Crippen MR) is 131 cm³/mol. The third kappa shape index (κ3) is 3.42. The number of amides is 1. The standard InChI is InChI=1S/C25H17N5O2S/c31-23-13-22(29-30(23)18-7-2-1-3-8-18)27-25(32)16-10-17-14-26-28-24(17)19(11-16)21-12-15-6-4-5-9-20(15)33-21/h1-14,29H,(H,26,28)(H,27,32). The van der Waals surface area contributed by atoms with E-state index in [-0.39, 0.29) is 11.5 Å². The number of nitrogens with zero attached hydrogens (tertiary/aromatic N) is 2. The molecule has 3 aromatic heterocycles. The number of H-pyrrole nitrogens is 2. The summed E-state index contributed by atoms with van der Waals surface area (Å²) in [5, 5.41) is 15.0. The average Bonchev–Trinajstić information content (AvgIpc) is 3.56. The van der Waals surface area contributed by atoms with Crippen LogP contribution in [0.4, 0.5) is 5.82 Å². The number of carbonyl (C=O) groups excluding carboxylic acids is 1. The maximum atomic E-state index is 13.1. The highest BCUT2D eigenvalue weighted by atomic mass is 32.1. The summed E-state index contributed by atoms with van der Waals surface area (Å²) in [5.41, 5.74) is 2.70. The lowest BCUT2D eigenvalue weighted by Gasteiger charge is -2.07. The summed E-state index contributed by atoms with van der Waals surface area (Å²) in [4.78, 5) is 26.6. The van der Waals surface area contributed by atoms with Gasteiger partial charge in [-0.25, -0.2) is 4.68 Å². The van der Waals surface area contributed by atoms with Crippen LogP contribution in [0.1, 0.15) is 10.4 Å². The zero-order valence-corrected chi connectivity index (χ0v) is 18.0. The number of rotatable bonds is 4. The van der Waals surface area contributed by atoms with Gasteiger partial charge in [-0.05, 0) is 41.8 Å². The summed E-state index contributed by atoms with van der Waals surface area (Å²) in [6.45, 7) is 0. The molecule has 160 valence electrons. The normalized spacial score (nSPS) is 11.3. The lowest BCUT2D eigenvalue weighted by atomic mass is 10.0. The van der Waals surface area contributed by atoms with Gasteiger partial charge in [-0.15, -0.1) is 11.3 Å². The molecule has 1 amide bonds. The number of aromatic amines is 2. The van der Waals surface area contributed by atoms with E-state index < -0.39 is 0 Å². The third-order valence-electron chi connectivity index (χ3n) is 5.49. The van der Waals surface area contributed by atoms with Crippen molar-refractivity contribution in [3.63, 3.8) is 0 Å². The molecule has 6 aromatic rings. The number of hydrogen-bond donors (Lipinski definition) is 3. The van der Waals surface area contributed by atoms with Crippen LogP contribution in [0, 0.1) is 0 Å². The van der Waals surface area contributed by atoms with E-state index in [1.165, 1.54) is 15.4 Å². The summed E-state index contributed by atoms with van der Waals surface area (Å²) >= 11 is 1.67. The first-order chi connectivity index (χ1) is 16.2. The molecule has 0 radical (unpaired) electrons. The molecule has 7 nitrogen and oxygen atoms in total. The quantitative estimate of drug-likeness (QED) is 0.345. The molecule has 0 saturated heterocycles. The number of carbonyl (C=O) groups is 1. The van der Waals surface area contributed by atoms with Gasteiger partial charge >= 0.3 is 0 Å². The van der Waals surface area contributed by atoms with Gasteiger partial charge in [0.15, 0.2) is 0 Å². The number of para-hydroxylation sites is 1. The van der Waals surface area contributed by atoms with Crippen molar-refractivity contribution in [2.24, 2.45) is 0 Å². The fourth-order valence-electron chi connectivity index (χ4n) is 3.92. The van der Waals surface area contributed by atoms with Crippen LogP contribution in [0.3, 0.4) is 0 Å². The Morgan fingerprint density at radius 3 is 2.61 bits per heavy atom. The Balaban J connectivity index is 1.37. The Kier molecular flexibility index (Phi) is 4.44. The summed E-state index contributed by atoms with van der Waals surface area (Å²) in [7, 11) is 0. The second-order valence-corrected chi connectivity index (χ2v) is 8.72. The number of hydrogen-bond acceptors (Lipinski definition) is 4. The highest BCUT2D eigenvalue weighted by Gasteiger charge is 2.16. The number of fused-ring (bicyclic) bond motifs is 2. The van der Waals surface area contributed by atoms with Gasteiger partial charge in [-0.3, -0.25) is 19.8 Å². The number of nitrogens with one attached hydrogen (secondary N) is 3. The van der Waals surface area contributed by atoms with Gasteiger partial charge < -0.3 is 5.32 Å². The van der Waals surface area contributed by atoms with Gasteiger partial charge in [0.1, 0.15) is 5.82 Å². The first-order valence-electron chi connectivity index (χ1n) is 10.3. The van der Waals surface area contributed by atoms with Crippen LogP contribution >= 0.6 is 11.3 Å². The SMILES string of the molecule is O=C(Nc1cc(=O)n(-c2ccccc2)[nH]1)c1cc(-c2cc3ccccc3s2)c2[nH]ncc2c1. The molecule has 8 heteroatoms. The van der Waals surface area contributed by atoms with E-state index in [9.17, 15) is 9.59 Å². The summed E-state index contributed by atoms with van der Waals surface area (Å²) in [5.74, 6) is 0.00600. The first-order valence-corrected chi connectivity index (χ1v) is 11.1. The largest absolute Gasteiger partial charge is 0.307 e. The maximum absolute atomic E-state index is 13.1. The van der Waals surface area contributed by atoms with Crippen LogP contribution in [-0.2, 0) is 0 Å². The topological polar surface area (TPSA) is 95.6 Å². The van der Waals surface area contributed by atoms with Crippen LogP contribution in [-0.4, -0.2) is 25.9 Å². The van der Waals surface area contributed by atoms with Crippen LogP contribution in [0.15, 0.2) is 89.9 Å². The summed E-state index contributed by atoms with van der Waals surface area (Å²) < 4.78 is 2.56. The zero-order valence-electron chi connectivity index (χ0n) is 17.2. The van der Waals surface area contributed by atoms with Crippen LogP contribution in [0.25, 0.3) is 37.1 Å². The second kappa shape index (κ2) is 7.61. The van der Waals surface area contributed by atoms with Crippen molar-refractivity contribution in [3.8, 4) is 16.1 Å². The van der Waals surface area contributed by atoms with E-state index in [0.29, 0.717) is 17.1 Å². The fourth-order valence-corrected chi connectivity index (χ4v) is 5.01. The van der Waals surface area contributed by atoms with E-state index in [4.69, 9.17) is 0 Å². The smallest absolute Gasteiger partial charge is 0.273 e. The highest BCUT2D eigenvalue weighted by molar-refractivity contribution is 7.22. The van der Waals surface area contributed by atoms with E-state index in [0.717, 1.165) is 26.7 Å². The molecule has 0 atom stereocenters. The summed E-state index contributed by atoms with van der Waals surface area (Å²) in [6, 6.07) is 24.5. The molecule has 3 heterocycles. The van der Waals surface area contributed by atoms with Crippen molar-refractivity contribution >= 4 is 44.1 Å². The highest BCUT2D eigenvalue weighted by Crippen LogP contribution is 2.37.